The number of carbonyl (C=O) groups excluding carboxylic acids is 2. The summed E-state index contributed by atoms with van der Waals surface area (Å²) in [7, 11) is -2.60. The molecule has 170 valence electrons. The second kappa shape index (κ2) is 9.20. The average molecular weight is 458 g/mol. The van der Waals surface area contributed by atoms with Gasteiger partial charge >= 0.3 is 0 Å². The summed E-state index contributed by atoms with van der Waals surface area (Å²) in [6.07, 6.45) is 3.74. The number of hydrogen-bond donors (Lipinski definition) is 1. The molecule has 9 heteroatoms. The van der Waals surface area contributed by atoms with Crippen LogP contribution in [0.2, 0.25) is 0 Å². The molecule has 32 heavy (non-hydrogen) atoms. The summed E-state index contributed by atoms with van der Waals surface area (Å²) in [5.74, 6) is -0.119. The van der Waals surface area contributed by atoms with E-state index in [-0.39, 0.29) is 28.0 Å². The predicted molar refractivity (Wildman–Crippen MR) is 121 cm³/mol. The van der Waals surface area contributed by atoms with Gasteiger partial charge in [-0.05, 0) is 56.0 Å². The van der Waals surface area contributed by atoms with Gasteiger partial charge in [-0.1, -0.05) is 12.1 Å². The quantitative estimate of drug-likeness (QED) is 0.720. The Kier molecular flexibility index (Phi) is 6.36. The van der Waals surface area contributed by atoms with Crippen LogP contribution < -0.4 is 9.46 Å². The van der Waals surface area contributed by atoms with Crippen molar-refractivity contribution in [1.29, 1.82) is 0 Å². The number of anilines is 1. The molecule has 0 aliphatic carbocycles. The molecule has 1 N–H and O–H groups in total. The van der Waals surface area contributed by atoms with E-state index in [4.69, 9.17) is 4.74 Å². The minimum absolute atomic E-state index is 0.0655. The fourth-order valence-corrected chi connectivity index (χ4v) is 5.27. The number of carbonyl (C=O) groups is 2. The third-order valence-electron chi connectivity index (χ3n) is 5.90. The fourth-order valence-electron chi connectivity index (χ4n) is 4.16. The summed E-state index contributed by atoms with van der Waals surface area (Å²) in [5.41, 5.74) is 0.728. The van der Waals surface area contributed by atoms with Gasteiger partial charge in [-0.15, -0.1) is 0 Å². The second-order valence-corrected chi connectivity index (χ2v) is 9.69. The normalized spacial score (nSPS) is 16.3. The number of para-hydroxylation sites is 1. The first-order valence-electron chi connectivity index (χ1n) is 10.8. The molecule has 0 saturated carbocycles. The summed E-state index contributed by atoms with van der Waals surface area (Å²) in [6, 6.07) is 10.8. The lowest BCUT2D eigenvalue weighted by Gasteiger charge is -2.19. The van der Waals surface area contributed by atoms with Crippen LogP contribution in [0, 0.1) is 0 Å². The van der Waals surface area contributed by atoms with Gasteiger partial charge in [0, 0.05) is 26.2 Å². The number of methoxy groups -OCH3 is 1. The summed E-state index contributed by atoms with van der Waals surface area (Å²) < 4.78 is 34.2. The second-order valence-electron chi connectivity index (χ2n) is 8.01. The Hall–Kier alpha value is -3.07. The van der Waals surface area contributed by atoms with E-state index in [9.17, 15) is 18.0 Å². The molecule has 0 bridgehead atoms. The molecule has 2 fully saturated rings. The van der Waals surface area contributed by atoms with Crippen molar-refractivity contribution in [3.8, 4) is 5.75 Å². The van der Waals surface area contributed by atoms with Crippen molar-refractivity contribution >= 4 is 27.5 Å². The van der Waals surface area contributed by atoms with E-state index in [1.807, 2.05) is 0 Å². The third kappa shape index (κ3) is 4.43. The molecule has 2 saturated heterocycles. The molecule has 0 aromatic heterocycles. The highest BCUT2D eigenvalue weighted by atomic mass is 32.2. The molecular formula is C23H27N3O5S. The van der Waals surface area contributed by atoms with Crippen molar-refractivity contribution in [3.05, 3.63) is 53.6 Å². The Morgan fingerprint density at radius 2 is 1.41 bits per heavy atom. The van der Waals surface area contributed by atoms with E-state index in [0.717, 1.165) is 25.7 Å². The van der Waals surface area contributed by atoms with Gasteiger partial charge < -0.3 is 14.5 Å². The molecule has 2 aliphatic heterocycles. The number of hydrogen-bond acceptors (Lipinski definition) is 5. The lowest BCUT2D eigenvalue weighted by molar-refractivity contribution is 0.0783. The standard InChI is InChI=1S/C23H27N3O5S/c1-31-21-11-10-17(16-19(21)23(28)26-14-6-7-15-26)32(29,30)24-20-9-3-2-8-18(20)22(27)25-12-4-5-13-25/h2-3,8-11,16,24H,4-7,12-15H2,1H3. The van der Waals surface area contributed by atoms with Gasteiger partial charge in [0.05, 0.1) is 28.8 Å². The van der Waals surface area contributed by atoms with Gasteiger partial charge in [-0.2, -0.15) is 0 Å². The zero-order valence-electron chi connectivity index (χ0n) is 18.0. The largest absolute Gasteiger partial charge is 0.496 e. The lowest BCUT2D eigenvalue weighted by atomic mass is 10.1. The first-order valence-corrected chi connectivity index (χ1v) is 12.3. The van der Waals surface area contributed by atoms with Crippen molar-refractivity contribution < 1.29 is 22.7 Å². The molecule has 2 aliphatic rings. The number of nitrogens with zero attached hydrogens (tertiary/aromatic N) is 2. The maximum Gasteiger partial charge on any atom is 0.261 e. The first kappa shape index (κ1) is 22.1. The van der Waals surface area contributed by atoms with E-state index in [0.29, 0.717) is 37.5 Å². The van der Waals surface area contributed by atoms with Crippen LogP contribution >= 0.6 is 0 Å². The molecule has 2 heterocycles. The molecule has 2 amide bonds. The van der Waals surface area contributed by atoms with Gasteiger partial charge in [0.1, 0.15) is 5.75 Å². The zero-order valence-corrected chi connectivity index (χ0v) is 18.9. The SMILES string of the molecule is COc1ccc(S(=O)(=O)Nc2ccccc2C(=O)N2CCCC2)cc1C(=O)N1CCCC1. The van der Waals surface area contributed by atoms with Crippen LogP contribution in [0.3, 0.4) is 0 Å². The fraction of sp³-hybridized carbons (Fsp3) is 0.391. The number of likely N-dealkylation sites (tertiary alicyclic amines) is 2. The number of nitrogens with one attached hydrogen (secondary N) is 1. The highest BCUT2D eigenvalue weighted by Gasteiger charge is 2.27. The van der Waals surface area contributed by atoms with Crippen LogP contribution in [-0.2, 0) is 10.0 Å². The van der Waals surface area contributed by atoms with Gasteiger partial charge in [-0.3, -0.25) is 14.3 Å². The molecule has 0 unspecified atom stereocenters. The molecular weight excluding hydrogens is 430 g/mol. The Labute approximate surface area is 188 Å². The Morgan fingerprint density at radius 1 is 0.844 bits per heavy atom. The molecule has 2 aromatic rings. The maximum absolute atomic E-state index is 13.2. The van der Waals surface area contributed by atoms with Crippen LogP contribution in [0.4, 0.5) is 5.69 Å². The highest BCUT2D eigenvalue weighted by molar-refractivity contribution is 7.92. The van der Waals surface area contributed by atoms with Crippen molar-refractivity contribution in [1.82, 2.24) is 9.80 Å². The van der Waals surface area contributed by atoms with Crippen LogP contribution in [0.15, 0.2) is 47.4 Å². The lowest BCUT2D eigenvalue weighted by Crippen LogP contribution is -2.29. The minimum Gasteiger partial charge on any atom is -0.496 e. The van der Waals surface area contributed by atoms with E-state index in [1.54, 1.807) is 34.1 Å². The van der Waals surface area contributed by atoms with E-state index in [1.165, 1.54) is 25.3 Å². The van der Waals surface area contributed by atoms with Gasteiger partial charge in [0.2, 0.25) is 0 Å². The van der Waals surface area contributed by atoms with Crippen LogP contribution in [0.25, 0.3) is 0 Å². The molecule has 0 spiro atoms. The van der Waals surface area contributed by atoms with E-state index >= 15 is 0 Å². The predicted octanol–water partition coefficient (Wildman–Crippen LogP) is 2.97. The number of ether oxygens (including phenoxy) is 1. The third-order valence-corrected chi connectivity index (χ3v) is 7.26. The molecule has 8 nitrogen and oxygen atoms in total. The van der Waals surface area contributed by atoms with Crippen molar-refractivity contribution in [2.45, 2.75) is 30.6 Å². The minimum atomic E-state index is -4.04. The van der Waals surface area contributed by atoms with Gasteiger partial charge in [-0.25, -0.2) is 8.42 Å². The Bertz CT molecular complexity index is 1120. The van der Waals surface area contributed by atoms with Crippen molar-refractivity contribution in [2.24, 2.45) is 0 Å². The molecule has 0 radical (unpaired) electrons. The van der Waals surface area contributed by atoms with Crippen LogP contribution in [-0.4, -0.2) is 63.3 Å². The molecule has 0 atom stereocenters. The Balaban J connectivity index is 1.64. The van der Waals surface area contributed by atoms with Gasteiger partial charge in [0.15, 0.2) is 0 Å². The monoisotopic (exact) mass is 457 g/mol. The number of rotatable bonds is 6. The van der Waals surface area contributed by atoms with Crippen molar-refractivity contribution in [3.63, 3.8) is 0 Å². The topological polar surface area (TPSA) is 96.0 Å². The smallest absolute Gasteiger partial charge is 0.261 e. The molecule has 4 rings (SSSR count). The number of amides is 2. The molecule has 2 aromatic carbocycles. The van der Waals surface area contributed by atoms with E-state index < -0.39 is 10.0 Å². The Morgan fingerprint density at radius 3 is 2.00 bits per heavy atom. The van der Waals surface area contributed by atoms with Crippen molar-refractivity contribution in [2.75, 3.05) is 38.0 Å². The maximum atomic E-state index is 13.2. The van der Waals surface area contributed by atoms with Gasteiger partial charge in [0.25, 0.3) is 21.8 Å². The summed E-state index contributed by atoms with van der Waals surface area (Å²) >= 11 is 0. The average Bonchev–Trinajstić information content (AvgIpc) is 3.52. The number of sulfonamides is 1. The first-order chi connectivity index (χ1) is 15.4. The number of benzene rings is 2. The van der Waals surface area contributed by atoms with E-state index in [2.05, 4.69) is 4.72 Å². The van der Waals surface area contributed by atoms with Crippen LogP contribution in [0.1, 0.15) is 46.4 Å². The zero-order chi connectivity index (χ0) is 22.7. The summed E-state index contributed by atoms with van der Waals surface area (Å²) in [5, 5.41) is 0. The highest BCUT2D eigenvalue weighted by Crippen LogP contribution is 2.28. The summed E-state index contributed by atoms with van der Waals surface area (Å²) in [4.78, 5) is 29.2. The summed E-state index contributed by atoms with van der Waals surface area (Å²) in [6.45, 7) is 2.62. The van der Waals surface area contributed by atoms with Crippen LogP contribution in [0.5, 0.6) is 5.75 Å².